The number of morpholine rings is 1. The molecule has 3 saturated heterocycles. The van der Waals surface area contributed by atoms with E-state index in [2.05, 4.69) is 25.2 Å². The van der Waals surface area contributed by atoms with E-state index in [-0.39, 0.29) is 58.0 Å². The van der Waals surface area contributed by atoms with Gasteiger partial charge in [-0.3, -0.25) is 4.90 Å². The number of anilines is 2. The third-order valence-corrected chi connectivity index (χ3v) is 10.0. The standard InChI is InChI=1S/C31H36F4N8O3/c1-15-23(31(33,34)35)19(9-21(36)38-15)25-24(32)26-22-27(43-8-7-37-10-20(43)16(2)45-28(22)39-25)41-29(40-26)44-14-30(5-6-30)13-42-11-17-3-4-18(12-42)46-17/h9,16-18,20,37H,3-8,10-14H2,1-2H3,(H2,36,38)/t16-,17?,18?,20-/m0/s1. The van der Waals surface area contributed by atoms with E-state index in [0.717, 1.165) is 51.4 Å². The molecule has 7 heterocycles. The number of nitrogens with zero attached hydrogens (tertiary/aromatic N) is 6. The molecule has 0 aromatic carbocycles. The summed E-state index contributed by atoms with van der Waals surface area (Å²) in [7, 11) is 0. The summed E-state index contributed by atoms with van der Waals surface area (Å²) >= 11 is 0. The summed E-state index contributed by atoms with van der Waals surface area (Å²) < 4.78 is 78.2. The highest BCUT2D eigenvalue weighted by molar-refractivity contribution is 5.97. The lowest BCUT2D eigenvalue weighted by Crippen LogP contribution is -2.56. The molecular formula is C31H36F4N8O3. The maximum atomic E-state index is 16.7. The highest BCUT2D eigenvalue weighted by atomic mass is 19.4. The molecule has 2 bridgehead atoms. The zero-order valence-corrected chi connectivity index (χ0v) is 25.7. The summed E-state index contributed by atoms with van der Waals surface area (Å²) in [5.74, 6) is -0.894. The predicted molar refractivity (Wildman–Crippen MR) is 160 cm³/mol. The van der Waals surface area contributed by atoms with Crippen LogP contribution in [0.3, 0.4) is 0 Å². The molecule has 3 aromatic rings. The van der Waals surface area contributed by atoms with Gasteiger partial charge < -0.3 is 30.2 Å². The van der Waals surface area contributed by atoms with E-state index in [1.165, 1.54) is 6.92 Å². The molecule has 0 radical (unpaired) electrons. The zero-order chi connectivity index (χ0) is 32.0. The minimum atomic E-state index is -4.85. The first-order valence-corrected chi connectivity index (χ1v) is 15.9. The molecule has 3 aromatic heterocycles. The molecule has 246 valence electrons. The zero-order valence-electron chi connectivity index (χ0n) is 25.7. The molecule has 1 saturated carbocycles. The third kappa shape index (κ3) is 5.16. The number of hydrogen-bond donors (Lipinski definition) is 2. The Morgan fingerprint density at radius 1 is 1.13 bits per heavy atom. The van der Waals surface area contributed by atoms with Crippen LogP contribution in [0, 0.1) is 18.2 Å². The quantitative estimate of drug-likeness (QED) is 0.382. The normalized spacial score (nSPS) is 26.9. The molecule has 3 N–H and O–H groups in total. The second-order valence-electron chi connectivity index (χ2n) is 13.4. The van der Waals surface area contributed by atoms with E-state index < -0.39 is 34.9 Å². The van der Waals surface area contributed by atoms with Crippen molar-refractivity contribution in [1.29, 1.82) is 0 Å². The highest BCUT2D eigenvalue weighted by Gasteiger charge is 2.47. The van der Waals surface area contributed by atoms with Gasteiger partial charge in [-0.1, -0.05) is 0 Å². The number of halogens is 4. The maximum absolute atomic E-state index is 16.7. The number of ether oxygens (including phenoxy) is 3. The van der Waals surface area contributed by atoms with Crippen molar-refractivity contribution in [3.05, 3.63) is 23.1 Å². The number of aromatic nitrogens is 4. The molecule has 15 heteroatoms. The van der Waals surface area contributed by atoms with E-state index >= 15 is 4.39 Å². The van der Waals surface area contributed by atoms with E-state index in [9.17, 15) is 13.2 Å². The lowest BCUT2D eigenvalue weighted by molar-refractivity contribution is -0.137. The van der Waals surface area contributed by atoms with Gasteiger partial charge in [0.15, 0.2) is 5.82 Å². The molecule has 4 aliphatic heterocycles. The van der Waals surface area contributed by atoms with Gasteiger partial charge in [0.05, 0.1) is 36.1 Å². The van der Waals surface area contributed by atoms with Gasteiger partial charge in [-0.15, -0.1) is 0 Å². The van der Waals surface area contributed by atoms with Crippen molar-refractivity contribution in [3.8, 4) is 23.1 Å². The number of fused-ring (bicyclic) bond motifs is 4. The monoisotopic (exact) mass is 644 g/mol. The van der Waals surface area contributed by atoms with Crippen LogP contribution in [0.15, 0.2) is 6.07 Å². The van der Waals surface area contributed by atoms with Gasteiger partial charge in [-0.25, -0.2) is 14.4 Å². The Morgan fingerprint density at radius 2 is 1.89 bits per heavy atom. The van der Waals surface area contributed by atoms with Crippen molar-refractivity contribution >= 4 is 22.5 Å². The van der Waals surface area contributed by atoms with Crippen LogP contribution in [-0.2, 0) is 10.9 Å². The van der Waals surface area contributed by atoms with Crippen LogP contribution in [-0.4, -0.2) is 95.1 Å². The number of pyridine rings is 2. The lowest BCUT2D eigenvalue weighted by atomic mass is 10.0. The number of nitrogens with two attached hydrogens (primary N) is 1. The highest BCUT2D eigenvalue weighted by Crippen LogP contribution is 2.48. The number of piperazine rings is 1. The summed E-state index contributed by atoms with van der Waals surface area (Å²) in [5, 5.41) is 3.55. The van der Waals surface area contributed by atoms with Gasteiger partial charge in [0.2, 0.25) is 5.88 Å². The largest absolute Gasteiger partial charge is 0.472 e. The van der Waals surface area contributed by atoms with Crippen molar-refractivity contribution in [3.63, 3.8) is 0 Å². The Morgan fingerprint density at radius 3 is 2.61 bits per heavy atom. The van der Waals surface area contributed by atoms with Gasteiger partial charge >= 0.3 is 12.2 Å². The fourth-order valence-electron chi connectivity index (χ4n) is 7.59. The summed E-state index contributed by atoms with van der Waals surface area (Å²) in [6.45, 7) is 7.81. The second kappa shape index (κ2) is 10.7. The summed E-state index contributed by atoms with van der Waals surface area (Å²) in [4.78, 5) is 21.9. The van der Waals surface area contributed by atoms with Crippen molar-refractivity contribution < 1.29 is 31.8 Å². The van der Waals surface area contributed by atoms with Crippen LogP contribution in [0.4, 0.5) is 29.2 Å². The Kier molecular flexibility index (Phi) is 6.96. The molecule has 2 unspecified atom stereocenters. The number of hydrogen-bond acceptors (Lipinski definition) is 11. The number of alkyl halides is 3. The minimum Gasteiger partial charge on any atom is -0.472 e. The topological polar surface area (TPSA) is 124 Å². The van der Waals surface area contributed by atoms with E-state index in [4.69, 9.17) is 24.9 Å². The van der Waals surface area contributed by atoms with Crippen molar-refractivity contribution in [1.82, 2.24) is 30.2 Å². The molecule has 8 rings (SSSR count). The van der Waals surface area contributed by atoms with Crippen molar-refractivity contribution in [2.75, 3.05) is 56.5 Å². The molecule has 0 amide bonds. The second-order valence-corrected chi connectivity index (χ2v) is 13.4. The molecular weight excluding hydrogens is 608 g/mol. The van der Waals surface area contributed by atoms with E-state index in [1.54, 1.807) is 0 Å². The van der Waals surface area contributed by atoms with Crippen LogP contribution in [0.25, 0.3) is 22.2 Å². The fraction of sp³-hybridized carbons (Fsp3) is 0.613. The van der Waals surface area contributed by atoms with Gasteiger partial charge in [-0.05, 0) is 45.6 Å². The number of nitrogen functional groups attached to an aromatic ring is 1. The summed E-state index contributed by atoms with van der Waals surface area (Å²) in [6, 6.07) is 0.754. The van der Waals surface area contributed by atoms with E-state index in [0.29, 0.717) is 32.1 Å². The molecule has 1 aliphatic carbocycles. The van der Waals surface area contributed by atoms with Crippen LogP contribution < -0.4 is 25.4 Å². The third-order valence-electron chi connectivity index (χ3n) is 10.0. The van der Waals surface area contributed by atoms with Crippen LogP contribution >= 0.6 is 0 Å². The maximum Gasteiger partial charge on any atom is 0.418 e. The number of aryl methyl sites for hydroxylation is 1. The molecule has 5 aliphatic rings. The first-order valence-electron chi connectivity index (χ1n) is 15.9. The summed E-state index contributed by atoms with van der Waals surface area (Å²) in [5.41, 5.74) is 2.96. The Bertz CT molecular complexity index is 1690. The number of likely N-dealkylation sites (tertiary alicyclic amines) is 1. The Hall–Kier alpha value is -3.56. The Balaban J connectivity index is 1.22. The molecule has 0 spiro atoms. The van der Waals surface area contributed by atoms with Crippen molar-refractivity contribution in [2.45, 2.75) is 70.1 Å². The number of rotatable bonds is 6. The average Bonchev–Trinajstić information content (AvgIpc) is 3.71. The first-order chi connectivity index (χ1) is 22.0. The molecule has 46 heavy (non-hydrogen) atoms. The Labute approximate surface area is 262 Å². The van der Waals surface area contributed by atoms with Gasteiger partial charge in [-0.2, -0.15) is 23.1 Å². The summed E-state index contributed by atoms with van der Waals surface area (Å²) in [6.07, 6.45) is -0.577. The van der Waals surface area contributed by atoms with Gasteiger partial charge in [0.1, 0.15) is 34.3 Å². The van der Waals surface area contributed by atoms with Gasteiger partial charge in [0, 0.05) is 50.2 Å². The van der Waals surface area contributed by atoms with Crippen LogP contribution in [0.5, 0.6) is 11.9 Å². The average molecular weight is 645 g/mol. The number of nitrogens with one attached hydrogen (secondary N) is 1. The van der Waals surface area contributed by atoms with Gasteiger partial charge in [0.25, 0.3) is 0 Å². The SMILES string of the molecule is Cc1nc(N)cc(-c2nc3c4c(nc(OCC5(CN6CC7CCC(C6)O7)CC5)nc4c2F)N2CCNC[C@H]2[C@H](C)O3)c1C(F)(F)F. The van der Waals surface area contributed by atoms with Crippen LogP contribution in [0.2, 0.25) is 0 Å². The fourth-order valence-corrected chi connectivity index (χ4v) is 7.59. The molecule has 4 atom stereocenters. The molecule has 11 nitrogen and oxygen atoms in total. The van der Waals surface area contributed by atoms with Crippen LogP contribution in [0.1, 0.15) is 43.9 Å². The lowest BCUT2D eigenvalue weighted by Gasteiger charge is -2.38. The first kappa shape index (κ1) is 29.8. The predicted octanol–water partition coefficient (Wildman–Crippen LogP) is 3.72. The minimum absolute atomic E-state index is 0.0360. The van der Waals surface area contributed by atoms with E-state index in [1.807, 2.05) is 11.8 Å². The molecule has 4 fully saturated rings. The smallest absolute Gasteiger partial charge is 0.418 e. The van der Waals surface area contributed by atoms with Crippen molar-refractivity contribution in [2.24, 2.45) is 5.41 Å².